The van der Waals surface area contributed by atoms with Gasteiger partial charge in [0.15, 0.2) is 0 Å². The minimum absolute atomic E-state index is 0.799. The topological polar surface area (TPSA) is 14.2 Å². The molecule has 0 saturated carbocycles. The average molecular weight is 165 g/mol. The molecule has 1 fully saturated rings. The minimum atomic E-state index is 0.799. The van der Waals surface area contributed by atoms with Gasteiger partial charge in [0.05, 0.1) is 0 Å². The standard InChI is InChI=1S/C10H15NO/c1-2-6-11(5-1)7-3-10-4-8-12-9-10/h1-2,5-6,10H,3-4,7-9H2. The van der Waals surface area contributed by atoms with Gasteiger partial charge in [-0.15, -0.1) is 0 Å². The van der Waals surface area contributed by atoms with Gasteiger partial charge in [-0.25, -0.2) is 0 Å². The fourth-order valence-electron chi connectivity index (χ4n) is 1.66. The van der Waals surface area contributed by atoms with Crippen LogP contribution in [-0.4, -0.2) is 17.8 Å². The van der Waals surface area contributed by atoms with Gasteiger partial charge >= 0.3 is 0 Å². The molecule has 2 heterocycles. The summed E-state index contributed by atoms with van der Waals surface area (Å²) in [5.41, 5.74) is 0. The molecular weight excluding hydrogens is 150 g/mol. The van der Waals surface area contributed by atoms with Crippen LogP contribution in [0.3, 0.4) is 0 Å². The molecule has 0 radical (unpaired) electrons. The first kappa shape index (κ1) is 7.87. The van der Waals surface area contributed by atoms with E-state index >= 15 is 0 Å². The molecule has 1 aromatic heterocycles. The number of hydrogen-bond acceptors (Lipinski definition) is 1. The Labute approximate surface area is 73.1 Å². The van der Waals surface area contributed by atoms with E-state index in [4.69, 9.17) is 4.74 Å². The largest absolute Gasteiger partial charge is 0.381 e. The van der Waals surface area contributed by atoms with Gasteiger partial charge in [-0.05, 0) is 30.9 Å². The van der Waals surface area contributed by atoms with Crippen molar-refractivity contribution in [3.63, 3.8) is 0 Å². The van der Waals surface area contributed by atoms with Gasteiger partial charge in [0.2, 0.25) is 0 Å². The summed E-state index contributed by atoms with van der Waals surface area (Å²) in [4.78, 5) is 0. The van der Waals surface area contributed by atoms with E-state index in [0.29, 0.717) is 0 Å². The normalized spacial score (nSPS) is 23.2. The highest BCUT2D eigenvalue weighted by atomic mass is 16.5. The molecule has 1 aromatic rings. The molecule has 0 amide bonds. The van der Waals surface area contributed by atoms with Gasteiger partial charge < -0.3 is 9.30 Å². The molecule has 1 aliphatic rings. The zero-order valence-corrected chi connectivity index (χ0v) is 7.28. The van der Waals surface area contributed by atoms with Crippen LogP contribution in [0.4, 0.5) is 0 Å². The molecular formula is C10H15NO. The fourth-order valence-corrected chi connectivity index (χ4v) is 1.66. The number of ether oxygens (including phenoxy) is 1. The van der Waals surface area contributed by atoms with Crippen LogP contribution in [0.1, 0.15) is 12.8 Å². The van der Waals surface area contributed by atoms with E-state index in [2.05, 4.69) is 29.1 Å². The Morgan fingerprint density at radius 1 is 1.33 bits per heavy atom. The molecule has 0 aromatic carbocycles. The summed E-state index contributed by atoms with van der Waals surface area (Å²) in [6.45, 7) is 3.08. The van der Waals surface area contributed by atoms with E-state index in [1.165, 1.54) is 12.8 Å². The Kier molecular flexibility index (Phi) is 2.47. The van der Waals surface area contributed by atoms with Gasteiger partial charge in [-0.1, -0.05) is 0 Å². The Bertz CT molecular complexity index is 212. The van der Waals surface area contributed by atoms with E-state index in [-0.39, 0.29) is 0 Å². The number of aryl methyl sites for hydroxylation is 1. The molecule has 1 atom stereocenters. The van der Waals surface area contributed by atoms with Gasteiger partial charge in [-0.2, -0.15) is 0 Å². The maximum absolute atomic E-state index is 5.32. The summed E-state index contributed by atoms with van der Waals surface area (Å²) < 4.78 is 7.55. The molecule has 1 saturated heterocycles. The lowest BCUT2D eigenvalue weighted by Crippen LogP contribution is -2.04. The van der Waals surface area contributed by atoms with Gasteiger partial charge in [0.1, 0.15) is 0 Å². The zero-order valence-electron chi connectivity index (χ0n) is 7.28. The van der Waals surface area contributed by atoms with Crippen LogP contribution >= 0.6 is 0 Å². The molecule has 12 heavy (non-hydrogen) atoms. The van der Waals surface area contributed by atoms with Crippen molar-refractivity contribution in [1.82, 2.24) is 4.57 Å². The zero-order chi connectivity index (χ0) is 8.23. The second-order valence-electron chi connectivity index (χ2n) is 3.44. The molecule has 0 bridgehead atoms. The number of hydrogen-bond donors (Lipinski definition) is 0. The quantitative estimate of drug-likeness (QED) is 0.667. The predicted molar refractivity (Wildman–Crippen MR) is 48.0 cm³/mol. The Morgan fingerprint density at radius 2 is 2.17 bits per heavy atom. The number of rotatable bonds is 3. The van der Waals surface area contributed by atoms with Crippen molar-refractivity contribution in [2.75, 3.05) is 13.2 Å². The highest BCUT2D eigenvalue weighted by Crippen LogP contribution is 2.16. The van der Waals surface area contributed by atoms with Gasteiger partial charge in [0, 0.05) is 32.2 Å². The Balaban J connectivity index is 1.74. The smallest absolute Gasteiger partial charge is 0.0495 e. The highest BCUT2D eigenvalue weighted by Gasteiger charge is 2.14. The third-order valence-electron chi connectivity index (χ3n) is 2.49. The van der Waals surface area contributed by atoms with Crippen LogP contribution in [0.5, 0.6) is 0 Å². The molecule has 2 heteroatoms. The summed E-state index contributed by atoms with van der Waals surface area (Å²) in [6, 6.07) is 4.15. The second-order valence-corrected chi connectivity index (χ2v) is 3.44. The van der Waals surface area contributed by atoms with Crippen LogP contribution in [0, 0.1) is 5.92 Å². The lowest BCUT2D eigenvalue weighted by atomic mass is 10.1. The van der Waals surface area contributed by atoms with Crippen molar-refractivity contribution in [3.05, 3.63) is 24.5 Å². The predicted octanol–water partition coefficient (Wildman–Crippen LogP) is 1.91. The van der Waals surface area contributed by atoms with E-state index in [0.717, 1.165) is 25.7 Å². The first-order valence-electron chi connectivity index (χ1n) is 4.63. The first-order valence-corrected chi connectivity index (χ1v) is 4.63. The molecule has 1 aliphatic heterocycles. The Morgan fingerprint density at radius 3 is 2.83 bits per heavy atom. The van der Waals surface area contributed by atoms with E-state index in [1.807, 2.05) is 0 Å². The van der Waals surface area contributed by atoms with Crippen LogP contribution in [0.25, 0.3) is 0 Å². The van der Waals surface area contributed by atoms with Gasteiger partial charge in [-0.3, -0.25) is 0 Å². The van der Waals surface area contributed by atoms with E-state index < -0.39 is 0 Å². The molecule has 0 aliphatic carbocycles. The highest BCUT2D eigenvalue weighted by molar-refractivity contribution is 4.90. The number of aromatic nitrogens is 1. The van der Waals surface area contributed by atoms with Crippen molar-refractivity contribution in [2.24, 2.45) is 5.92 Å². The van der Waals surface area contributed by atoms with E-state index in [9.17, 15) is 0 Å². The first-order chi connectivity index (χ1) is 5.95. The molecule has 66 valence electrons. The molecule has 2 rings (SSSR count). The van der Waals surface area contributed by atoms with Crippen LogP contribution < -0.4 is 0 Å². The monoisotopic (exact) mass is 165 g/mol. The molecule has 0 N–H and O–H groups in total. The number of nitrogens with zero attached hydrogens (tertiary/aromatic N) is 1. The van der Waals surface area contributed by atoms with Crippen molar-refractivity contribution >= 4 is 0 Å². The molecule has 1 unspecified atom stereocenters. The second kappa shape index (κ2) is 3.76. The summed E-state index contributed by atoms with van der Waals surface area (Å²) in [5.74, 6) is 0.799. The van der Waals surface area contributed by atoms with Crippen molar-refractivity contribution in [1.29, 1.82) is 0 Å². The summed E-state index contributed by atoms with van der Waals surface area (Å²) in [6.07, 6.45) is 6.75. The van der Waals surface area contributed by atoms with Gasteiger partial charge in [0.25, 0.3) is 0 Å². The third-order valence-corrected chi connectivity index (χ3v) is 2.49. The lowest BCUT2D eigenvalue weighted by Gasteiger charge is -2.07. The molecule has 0 spiro atoms. The van der Waals surface area contributed by atoms with Crippen molar-refractivity contribution in [2.45, 2.75) is 19.4 Å². The third kappa shape index (κ3) is 1.89. The SMILES string of the molecule is c1ccn(CCC2CCOC2)c1. The summed E-state index contributed by atoms with van der Waals surface area (Å²) in [7, 11) is 0. The fraction of sp³-hybridized carbons (Fsp3) is 0.600. The summed E-state index contributed by atoms with van der Waals surface area (Å²) >= 11 is 0. The summed E-state index contributed by atoms with van der Waals surface area (Å²) in [5, 5.41) is 0. The lowest BCUT2D eigenvalue weighted by molar-refractivity contribution is 0.183. The maximum atomic E-state index is 5.32. The van der Waals surface area contributed by atoms with Crippen LogP contribution in [-0.2, 0) is 11.3 Å². The maximum Gasteiger partial charge on any atom is 0.0495 e. The van der Waals surface area contributed by atoms with Crippen molar-refractivity contribution in [3.8, 4) is 0 Å². The minimum Gasteiger partial charge on any atom is -0.381 e. The van der Waals surface area contributed by atoms with Crippen LogP contribution in [0.2, 0.25) is 0 Å². The Hall–Kier alpha value is -0.760. The van der Waals surface area contributed by atoms with Crippen LogP contribution in [0.15, 0.2) is 24.5 Å². The average Bonchev–Trinajstić information content (AvgIpc) is 2.74. The van der Waals surface area contributed by atoms with Crippen molar-refractivity contribution < 1.29 is 4.74 Å². The molecule has 2 nitrogen and oxygen atoms in total. The van der Waals surface area contributed by atoms with E-state index in [1.54, 1.807) is 0 Å².